The fourth-order valence-electron chi connectivity index (χ4n) is 6.26. The maximum atomic E-state index is 14.7. The van der Waals surface area contributed by atoms with Crippen molar-refractivity contribution in [2.75, 3.05) is 6.16 Å². The third-order valence-corrected chi connectivity index (χ3v) is 10.5. The fraction of sp³-hybridized carbons (Fsp3) is 0.531. The van der Waals surface area contributed by atoms with E-state index in [-0.39, 0.29) is 23.1 Å². The van der Waals surface area contributed by atoms with Gasteiger partial charge in [-0.15, -0.1) is 0 Å². The Bertz CT molecular complexity index is 1190. The lowest BCUT2D eigenvalue weighted by Gasteiger charge is -2.37. The molecule has 38 heavy (non-hydrogen) atoms. The number of esters is 1. The van der Waals surface area contributed by atoms with Crippen molar-refractivity contribution in [2.45, 2.75) is 87.7 Å². The van der Waals surface area contributed by atoms with Gasteiger partial charge in [-0.25, -0.2) is 0 Å². The summed E-state index contributed by atoms with van der Waals surface area (Å²) in [4.78, 5) is 41.5. The van der Waals surface area contributed by atoms with Gasteiger partial charge in [0.05, 0.1) is 0 Å². The normalized spacial score (nSPS) is 19.9. The SMILES string of the molecule is Cc1cc(C)c(C(=O)P(=O)(CC(=O)OC2CCC(C)CC2C(C)C)C(=O)c2c(C)cc(C)cc2C)c(C)c1. The minimum Gasteiger partial charge on any atom is -0.462 e. The van der Waals surface area contributed by atoms with Gasteiger partial charge in [-0.1, -0.05) is 56.2 Å². The second kappa shape index (κ2) is 11.7. The van der Waals surface area contributed by atoms with Gasteiger partial charge in [-0.3, -0.25) is 14.4 Å². The largest absolute Gasteiger partial charge is 0.462 e. The highest BCUT2D eigenvalue weighted by Gasteiger charge is 2.46. The first-order chi connectivity index (χ1) is 17.6. The lowest BCUT2D eigenvalue weighted by atomic mass is 9.75. The van der Waals surface area contributed by atoms with Crippen molar-refractivity contribution < 1.29 is 23.7 Å². The molecule has 0 aromatic heterocycles. The number of carbonyl (C=O) groups is 3. The Labute approximate surface area is 228 Å². The number of carbonyl (C=O) groups excluding carboxylic acids is 3. The third kappa shape index (κ3) is 6.20. The van der Waals surface area contributed by atoms with Crippen LogP contribution in [-0.4, -0.2) is 29.3 Å². The molecule has 3 rings (SSSR count). The maximum Gasteiger partial charge on any atom is 0.314 e. The number of rotatable bonds is 8. The molecule has 0 N–H and O–H groups in total. The summed E-state index contributed by atoms with van der Waals surface area (Å²) in [6.07, 6.45) is 1.60. The Morgan fingerprint density at radius 3 is 1.63 bits per heavy atom. The Hall–Kier alpha value is -2.52. The van der Waals surface area contributed by atoms with Crippen LogP contribution in [0.4, 0.5) is 0 Å². The van der Waals surface area contributed by atoms with Crippen LogP contribution in [0.3, 0.4) is 0 Å². The molecule has 0 heterocycles. The van der Waals surface area contributed by atoms with Crippen LogP contribution in [0, 0.1) is 59.3 Å². The predicted molar refractivity (Wildman–Crippen MR) is 154 cm³/mol. The van der Waals surface area contributed by atoms with E-state index in [0.717, 1.165) is 30.4 Å². The van der Waals surface area contributed by atoms with Crippen molar-refractivity contribution in [2.24, 2.45) is 17.8 Å². The van der Waals surface area contributed by atoms with Crippen LogP contribution in [0.15, 0.2) is 24.3 Å². The predicted octanol–water partition coefficient (Wildman–Crippen LogP) is 7.88. The van der Waals surface area contributed by atoms with Crippen LogP contribution < -0.4 is 0 Å². The van der Waals surface area contributed by atoms with Gasteiger partial charge < -0.3 is 9.30 Å². The first-order valence-electron chi connectivity index (χ1n) is 13.7. The number of benzene rings is 2. The Balaban J connectivity index is 2.06. The zero-order valence-corrected chi connectivity index (χ0v) is 25.3. The second-order valence-electron chi connectivity index (χ2n) is 11.9. The number of hydrogen-bond donors (Lipinski definition) is 0. The molecule has 6 heteroatoms. The average Bonchev–Trinajstić information content (AvgIpc) is 2.78. The average molecular weight is 539 g/mol. The molecular formula is C32H43O5P. The molecule has 2 aromatic carbocycles. The summed E-state index contributed by atoms with van der Waals surface area (Å²) < 4.78 is 20.6. The summed E-state index contributed by atoms with van der Waals surface area (Å²) >= 11 is 0. The van der Waals surface area contributed by atoms with Crippen molar-refractivity contribution in [1.82, 2.24) is 0 Å². The van der Waals surface area contributed by atoms with E-state index < -0.39 is 30.3 Å². The molecule has 1 aliphatic carbocycles. The molecule has 1 aliphatic rings. The zero-order chi connectivity index (χ0) is 28.5. The highest BCUT2D eigenvalue weighted by atomic mass is 31.2. The Morgan fingerprint density at radius 2 is 1.24 bits per heavy atom. The lowest BCUT2D eigenvalue weighted by molar-refractivity contribution is -0.152. The quantitative estimate of drug-likeness (QED) is 0.252. The molecule has 0 bridgehead atoms. The van der Waals surface area contributed by atoms with E-state index in [0.29, 0.717) is 34.1 Å². The molecule has 2 aromatic rings. The highest BCUT2D eigenvalue weighted by molar-refractivity contribution is 7.96. The molecular weight excluding hydrogens is 495 g/mol. The standard InChI is InChI=1S/C32H43O5P/c1-18(2)26-16-19(3)10-11-27(26)37-28(33)17-38(36,31(34)29-22(6)12-20(4)13-23(29)7)32(35)30-24(8)14-21(5)15-25(30)9/h12-15,18-19,26-27H,10-11,16-17H2,1-9H3. The minimum atomic E-state index is -4.41. The van der Waals surface area contributed by atoms with E-state index in [4.69, 9.17) is 4.74 Å². The first-order valence-corrected chi connectivity index (χ1v) is 15.6. The molecule has 1 saturated carbocycles. The Morgan fingerprint density at radius 1 is 0.816 bits per heavy atom. The van der Waals surface area contributed by atoms with Crippen LogP contribution in [-0.2, 0) is 14.1 Å². The topological polar surface area (TPSA) is 77.5 Å². The first kappa shape index (κ1) is 30.0. The summed E-state index contributed by atoms with van der Waals surface area (Å²) in [7, 11) is -4.41. The zero-order valence-electron chi connectivity index (χ0n) is 24.4. The van der Waals surface area contributed by atoms with E-state index in [2.05, 4.69) is 20.8 Å². The monoisotopic (exact) mass is 538 g/mol. The number of aryl methyl sites for hydroxylation is 6. The molecule has 5 nitrogen and oxygen atoms in total. The number of hydrogen-bond acceptors (Lipinski definition) is 5. The van der Waals surface area contributed by atoms with Gasteiger partial charge in [-0.05, 0) is 101 Å². The van der Waals surface area contributed by atoms with Crippen LogP contribution in [0.25, 0.3) is 0 Å². The molecule has 0 aliphatic heterocycles. The molecule has 3 atom stereocenters. The van der Waals surface area contributed by atoms with Gasteiger partial charge in [0, 0.05) is 11.1 Å². The van der Waals surface area contributed by atoms with Gasteiger partial charge in [0.2, 0.25) is 18.2 Å². The lowest BCUT2D eigenvalue weighted by Crippen LogP contribution is -2.36. The van der Waals surface area contributed by atoms with Crippen molar-refractivity contribution >= 4 is 24.2 Å². The van der Waals surface area contributed by atoms with Gasteiger partial charge in [0.25, 0.3) is 0 Å². The van der Waals surface area contributed by atoms with Crippen LogP contribution >= 0.6 is 7.14 Å². The smallest absolute Gasteiger partial charge is 0.314 e. The molecule has 0 radical (unpaired) electrons. The molecule has 3 unspecified atom stereocenters. The van der Waals surface area contributed by atoms with E-state index in [1.54, 1.807) is 27.7 Å². The van der Waals surface area contributed by atoms with Gasteiger partial charge in [-0.2, -0.15) is 0 Å². The highest BCUT2D eigenvalue weighted by Crippen LogP contribution is 2.54. The van der Waals surface area contributed by atoms with Crippen LogP contribution in [0.1, 0.15) is 94.1 Å². The van der Waals surface area contributed by atoms with E-state index in [9.17, 15) is 18.9 Å². The van der Waals surface area contributed by atoms with Gasteiger partial charge in [0.15, 0.2) is 0 Å². The van der Waals surface area contributed by atoms with E-state index in [1.807, 2.05) is 38.1 Å². The fourth-order valence-corrected chi connectivity index (χ4v) is 8.60. The summed E-state index contributed by atoms with van der Waals surface area (Å²) in [6.45, 7) is 17.4. The van der Waals surface area contributed by atoms with Crippen LogP contribution in [0.2, 0.25) is 0 Å². The van der Waals surface area contributed by atoms with Gasteiger partial charge >= 0.3 is 5.97 Å². The molecule has 206 valence electrons. The molecule has 0 amide bonds. The number of ether oxygens (including phenoxy) is 1. The molecule has 1 fully saturated rings. The summed E-state index contributed by atoms with van der Waals surface area (Å²) in [5, 5.41) is 0. The van der Waals surface area contributed by atoms with Crippen molar-refractivity contribution in [1.29, 1.82) is 0 Å². The molecule has 0 saturated heterocycles. The van der Waals surface area contributed by atoms with Crippen LogP contribution in [0.5, 0.6) is 0 Å². The van der Waals surface area contributed by atoms with Crippen molar-refractivity contribution in [3.05, 3.63) is 68.8 Å². The van der Waals surface area contributed by atoms with E-state index in [1.165, 1.54) is 0 Å². The van der Waals surface area contributed by atoms with Gasteiger partial charge in [0.1, 0.15) is 12.3 Å². The van der Waals surface area contributed by atoms with Crippen molar-refractivity contribution in [3.8, 4) is 0 Å². The van der Waals surface area contributed by atoms with Crippen molar-refractivity contribution in [3.63, 3.8) is 0 Å². The summed E-state index contributed by atoms with van der Waals surface area (Å²) in [5.41, 5.74) is 3.52. The Kier molecular flexibility index (Phi) is 9.24. The summed E-state index contributed by atoms with van der Waals surface area (Å²) in [5.74, 6) is 0.328. The second-order valence-corrected chi connectivity index (χ2v) is 14.5. The minimum absolute atomic E-state index is 0.191. The third-order valence-electron chi connectivity index (χ3n) is 8.02. The maximum absolute atomic E-state index is 14.7. The summed E-state index contributed by atoms with van der Waals surface area (Å²) in [6, 6.07) is 7.36. The van der Waals surface area contributed by atoms with E-state index >= 15 is 0 Å². The molecule has 0 spiro atoms.